The Morgan fingerprint density at radius 2 is 0.679 bits per heavy atom. The van der Waals surface area contributed by atoms with Crippen molar-refractivity contribution in [1.82, 2.24) is 0 Å². The summed E-state index contributed by atoms with van der Waals surface area (Å²) in [5, 5.41) is 32.8. The van der Waals surface area contributed by atoms with Gasteiger partial charge in [-0.1, -0.05) is 0 Å². The molecule has 0 amide bonds. The first-order valence-corrected chi connectivity index (χ1v) is 13.1. The molecule has 0 aromatic heterocycles. The van der Waals surface area contributed by atoms with E-state index >= 15 is 0 Å². The first kappa shape index (κ1) is 19.5. The Morgan fingerprint density at radius 1 is 0.464 bits per heavy atom. The van der Waals surface area contributed by atoms with Gasteiger partial charge in [-0.2, -0.15) is 0 Å². The summed E-state index contributed by atoms with van der Waals surface area (Å²) >= 11 is -2.94. The molecule has 0 N–H and O–H groups in total. The molecular formula is C18H12BiN3O6. The second kappa shape index (κ2) is 8.18. The minimum absolute atomic E-state index is 0.0277. The van der Waals surface area contributed by atoms with Crippen LogP contribution in [0.2, 0.25) is 0 Å². The van der Waals surface area contributed by atoms with Crippen LogP contribution >= 0.6 is 0 Å². The normalized spacial score (nSPS) is 10.6. The third kappa shape index (κ3) is 4.18. The van der Waals surface area contributed by atoms with Crippen LogP contribution in [-0.4, -0.2) is 36.5 Å². The number of hydrogen-bond acceptors (Lipinski definition) is 6. The first-order chi connectivity index (χ1) is 13.4. The van der Waals surface area contributed by atoms with Gasteiger partial charge in [-0.15, -0.1) is 0 Å². The van der Waals surface area contributed by atoms with Crippen molar-refractivity contribution >= 4 is 48.6 Å². The van der Waals surface area contributed by atoms with Gasteiger partial charge in [-0.25, -0.2) is 0 Å². The summed E-state index contributed by atoms with van der Waals surface area (Å²) in [6.07, 6.45) is 0. The summed E-state index contributed by atoms with van der Waals surface area (Å²) in [5.41, 5.74) is -0.0831. The minimum atomic E-state index is -2.94. The standard InChI is InChI=1S/3C6H4NO2.Bi/c3*8-7(9)6-4-2-1-3-5-6;/h3*2-5H;. The third-order valence-electron chi connectivity index (χ3n) is 3.96. The first-order valence-electron chi connectivity index (χ1n) is 7.90. The van der Waals surface area contributed by atoms with Gasteiger partial charge in [0.1, 0.15) is 0 Å². The molecule has 0 aliphatic heterocycles. The quantitative estimate of drug-likeness (QED) is 0.251. The molecule has 0 saturated carbocycles. The Labute approximate surface area is 166 Å². The molecule has 3 aromatic carbocycles. The summed E-state index contributed by atoms with van der Waals surface area (Å²) in [6.45, 7) is 0. The van der Waals surface area contributed by atoms with Crippen molar-refractivity contribution in [2.75, 3.05) is 0 Å². The molecule has 140 valence electrons. The molecule has 0 aliphatic carbocycles. The summed E-state index contributed by atoms with van der Waals surface area (Å²) < 4.78 is 2.76. The van der Waals surface area contributed by atoms with E-state index in [2.05, 4.69) is 0 Å². The molecule has 28 heavy (non-hydrogen) atoms. The zero-order valence-corrected chi connectivity index (χ0v) is 17.6. The van der Waals surface area contributed by atoms with Gasteiger partial charge in [0.25, 0.3) is 0 Å². The Bertz CT molecular complexity index is 900. The average molecular weight is 575 g/mol. The maximum absolute atomic E-state index is 10.9. The average Bonchev–Trinajstić information content (AvgIpc) is 2.69. The molecule has 0 aliphatic rings. The van der Waals surface area contributed by atoms with Gasteiger partial charge in [-0.05, 0) is 0 Å². The van der Waals surface area contributed by atoms with Crippen molar-refractivity contribution in [2.45, 2.75) is 0 Å². The van der Waals surface area contributed by atoms with Crippen molar-refractivity contribution in [2.24, 2.45) is 0 Å². The van der Waals surface area contributed by atoms with Crippen LogP contribution in [0.3, 0.4) is 0 Å². The zero-order chi connectivity index (χ0) is 20.3. The Morgan fingerprint density at radius 3 is 0.857 bits per heavy atom. The monoisotopic (exact) mass is 575 g/mol. The fourth-order valence-electron chi connectivity index (χ4n) is 2.62. The summed E-state index contributed by atoms with van der Waals surface area (Å²) in [5.74, 6) is 0. The van der Waals surface area contributed by atoms with Gasteiger partial charge in [0, 0.05) is 0 Å². The summed E-state index contributed by atoms with van der Waals surface area (Å²) in [4.78, 5) is 31.3. The molecule has 0 fully saturated rings. The number of non-ortho nitro benzene ring substituents is 3. The molecule has 0 atom stereocenters. The van der Waals surface area contributed by atoms with Gasteiger partial charge in [0.05, 0.1) is 0 Å². The van der Waals surface area contributed by atoms with E-state index in [1.165, 1.54) is 36.4 Å². The molecule has 0 unspecified atom stereocenters. The van der Waals surface area contributed by atoms with Crippen molar-refractivity contribution in [1.29, 1.82) is 0 Å². The molecule has 0 spiro atoms. The fraction of sp³-hybridized carbons (Fsp3) is 0. The summed E-state index contributed by atoms with van der Waals surface area (Å²) in [6, 6.07) is 18.7. The SMILES string of the molecule is O=[N+]([O-])c1cc[c]([Bi]([c]2ccc([N+](=O)[O-])cc2)[c]2ccc([N+](=O)[O-])cc2)cc1. The molecule has 0 heterocycles. The van der Waals surface area contributed by atoms with Gasteiger partial charge in [-0.3, -0.25) is 0 Å². The topological polar surface area (TPSA) is 129 Å². The van der Waals surface area contributed by atoms with E-state index in [9.17, 15) is 30.3 Å². The van der Waals surface area contributed by atoms with Crippen molar-refractivity contribution < 1.29 is 14.8 Å². The molecule has 3 rings (SSSR count). The second-order valence-electron chi connectivity index (χ2n) is 5.66. The van der Waals surface area contributed by atoms with Crippen LogP contribution in [0.25, 0.3) is 0 Å². The van der Waals surface area contributed by atoms with Crippen LogP contribution in [0.1, 0.15) is 0 Å². The maximum atomic E-state index is 10.9. The van der Waals surface area contributed by atoms with Crippen molar-refractivity contribution in [3.05, 3.63) is 103 Å². The predicted molar refractivity (Wildman–Crippen MR) is 104 cm³/mol. The van der Waals surface area contributed by atoms with Gasteiger partial charge >= 0.3 is 167 Å². The zero-order valence-electron chi connectivity index (χ0n) is 14.2. The molecule has 9 nitrogen and oxygen atoms in total. The van der Waals surface area contributed by atoms with Gasteiger partial charge < -0.3 is 0 Å². The van der Waals surface area contributed by atoms with E-state index in [1.54, 1.807) is 36.4 Å². The van der Waals surface area contributed by atoms with Crippen LogP contribution in [0.4, 0.5) is 17.1 Å². The number of nitro groups is 3. The molecule has 10 heteroatoms. The van der Waals surface area contributed by atoms with Gasteiger partial charge in [0.15, 0.2) is 0 Å². The van der Waals surface area contributed by atoms with Crippen LogP contribution in [0.15, 0.2) is 72.8 Å². The molecule has 0 radical (unpaired) electrons. The van der Waals surface area contributed by atoms with E-state index in [0.717, 1.165) is 9.81 Å². The predicted octanol–water partition coefficient (Wildman–Crippen LogP) is 1.93. The van der Waals surface area contributed by atoms with E-state index in [4.69, 9.17) is 0 Å². The van der Waals surface area contributed by atoms with Crippen LogP contribution < -0.4 is 9.81 Å². The molecular weight excluding hydrogens is 563 g/mol. The second-order valence-corrected chi connectivity index (χ2v) is 14.3. The number of rotatable bonds is 6. The fourth-order valence-corrected chi connectivity index (χ4v) is 11.3. The Balaban J connectivity index is 2.08. The van der Waals surface area contributed by atoms with Crippen LogP contribution in [0.5, 0.6) is 0 Å². The number of benzene rings is 3. The van der Waals surface area contributed by atoms with E-state index in [-0.39, 0.29) is 17.1 Å². The van der Waals surface area contributed by atoms with E-state index in [0.29, 0.717) is 0 Å². The number of hydrogen-bond donors (Lipinski definition) is 0. The molecule has 0 saturated heterocycles. The van der Waals surface area contributed by atoms with Crippen LogP contribution in [0, 0.1) is 30.3 Å². The van der Waals surface area contributed by atoms with Crippen molar-refractivity contribution in [3.8, 4) is 0 Å². The molecule has 0 bridgehead atoms. The summed E-state index contributed by atoms with van der Waals surface area (Å²) in [7, 11) is 0. The third-order valence-corrected chi connectivity index (χ3v) is 13.5. The van der Waals surface area contributed by atoms with E-state index < -0.39 is 36.5 Å². The van der Waals surface area contributed by atoms with E-state index in [1.807, 2.05) is 0 Å². The number of nitro benzene ring substituents is 3. The van der Waals surface area contributed by atoms with Crippen LogP contribution in [-0.2, 0) is 0 Å². The number of nitrogens with zero attached hydrogens (tertiary/aromatic N) is 3. The van der Waals surface area contributed by atoms with Gasteiger partial charge in [0.2, 0.25) is 0 Å². The Hall–Kier alpha value is -3.26. The Kier molecular flexibility index (Phi) is 5.70. The van der Waals surface area contributed by atoms with Crippen molar-refractivity contribution in [3.63, 3.8) is 0 Å². The molecule has 3 aromatic rings.